The van der Waals surface area contributed by atoms with E-state index >= 15 is 0 Å². The number of piperidine rings is 1. The molecule has 2 aromatic rings. The third-order valence-electron chi connectivity index (χ3n) is 5.78. The summed E-state index contributed by atoms with van der Waals surface area (Å²) in [5.41, 5.74) is 2.69. The molecule has 2 aliphatic heterocycles. The maximum atomic E-state index is 6.01. The number of hydrogen-bond acceptors (Lipinski definition) is 6. The van der Waals surface area contributed by atoms with Crippen LogP contribution in [0.15, 0.2) is 29.9 Å². The van der Waals surface area contributed by atoms with Gasteiger partial charge in [-0.3, -0.25) is 14.8 Å². The topological polar surface area (TPSA) is 41.5 Å². The highest BCUT2D eigenvalue weighted by molar-refractivity contribution is 7.09. The van der Waals surface area contributed by atoms with Crippen molar-refractivity contribution < 1.29 is 4.74 Å². The van der Waals surface area contributed by atoms with E-state index in [4.69, 9.17) is 4.74 Å². The van der Waals surface area contributed by atoms with Gasteiger partial charge in [-0.05, 0) is 57.0 Å². The van der Waals surface area contributed by atoms with Crippen LogP contribution in [0.1, 0.15) is 29.1 Å². The summed E-state index contributed by atoms with van der Waals surface area (Å²) in [5.74, 6) is 0.664. The van der Waals surface area contributed by atoms with Gasteiger partial charge in [0.05, 0.1) is 13.2 Å². The van der Waals surface area contributed by atoms with E-state index in [1.165, 1.54) is 30.0 Å². The summed E-state index contributed by atoms with van der Waals surface area (Å²) in [5, 5.41) is 3.39. The molecule has 140 valence electrons. The Morgan fingerprint density at radius 1 is 1.31 bits per heavy atom. The second-order valence-electron chi connectivity index (χ2n) is 7.90. The quantitative estimate of drug-likeness (QED) is 0.780. The molecule has 4 rings (SSSR count). The molecule has 5 nitrogen and oxygen atoms in total. The van der Waals surface area contributed by atoms with E-state index in [2.05, 4.69) is 39.1 Å². The number of aryl methyl sites for hydroxylation is 1. The molecular formula is C20H28N4OS. The van der Waals surface area contributed by atoms with Gasteiger partial charge in [-0.25, -0.2) is 4.98 Å². The molecule has 1 spiro atoms. The van der Waals surface area contributed by atoms with E-state index in [-0.39, 0.29) is 0 Å². The van der Waals surface area contributed by atoms with E-state index in [9.17, 15) is 0 Å². The van der Waals surface area contributed by atoms with Crippen molar-refractivity contribution in [3.8, 4) is 0 Å². The standard InChI is InChI=1S/C20H28N4OS/c1-16-13-26-19(22-16)10-24-14-20(15-24)9-18(5-8-23(20)2)12-25-11-17-3-6-21-7-4-17/h3-4,6-7,13,18H,5,8-12,14-15H2,1-2H3. The first-order chi connectivity index (χ1) is 12.6. The van der Waals surface area contributed by atoms with E-state index in [1.54, 1.807) is 11.3 Å². The zero-order valence-electron chi connectivity index (χ0n) is 15.7. The Bertz CT molecular complexity index is 714. The molecule has 2 fully saturated rings. The van der Waals surface area contributed by atoms with Crippen LogP contribution in [-0.4, -0.2) is 58.6 Å². The summed E-state index contributed by atoms with van der Waals surface area (Å²) >= 11 is 1.78. The minimum atomic E-state index is 0.343. The predicted molar refractivity (Wildman–Crippen MR) is 104 cm³/mol. The normalized spacial score (nSPS) is 23.2. The number of rotatable bonds is 6. The molecule has 26 heavy (non-hydrogen) atoms. The van der Waals surface area contributed by atoms with Crippen LogP contribution < -0.4 is 0 Å². The number of nitrogens with zero attached hydrogens (tertiary/aromatic N) is 4. The van der Waals surface area contributed by atoms with Crippen molar-refractivity contribution in [3.05, 3.63) is 46.2 Å². The summed E-state index contributed by atoms with van der Waals surface area (Å²) in [7, 11) is 2.29. The molecule has 4 heterocycles. The lowest BCUT2D eigenvalue weighted by Crippen LogP contribution is -2.71. The lowest BCUT2D eigenvalue weighted by atomic mass is 9.75. The third-order valence-corrected chi connectivity index (χ3v) is 6.74. The molecule has 2 aromatic heterocycles. The van der Waals surface area contributed by atoms with Gasteiger partial charge < -0.3 is 4.74 Å². The van der Waals surface area contributed by atoms with Crippen molar-refractivity contribution in [2.24, 2.45) is 5.92 Å². The Kier molecular flexibility index (Phi) is 5.36. The fourth-order valence-corrected chi connectivity index (χ4v) is 5.12. The molecule has 0 bridgehead atoms. The van der Waals surface area contributed by atoms with Gasteiger partial charge in [0, 0.05) is 48.7 Å². The molecule has 0 saturated carbocycles. The highest BCUT2D eigenvalue weighted by Crippen LogP contribution is 2.39. The van der Waals surface area contributed by atoms with Crippen LogP contribution in [0.5, 0.6) is 0 Å². The van der Waals surface area contributed by atoms with Gasteiger partial charge in [0.15, 0.2) is 0 Å². The van der Waals surface area contributed by atoms with Crippen LogP contribution in [0.25, 0.3) is 0 Å². The molecule has 0 amide bonds. The van der Waals surface area contributed by atoms with E-state index in [1.807, 2.05) is 24.5 Å². The fraction of sp³-hybridized carbons (Fsp3) is 0.600. The van der Waals surface area contributed by atoms with Crippen LogP contribution in [0.2, 0.25) is 0 Å². The molecule has 0 aliphatic carbocycles. The summed E-state index contributed by atoms with van der Waals surface area (Å²) in [6.45, 7) is 8.11. The molecule has 1 unspecified atom stereocenters. The van der Waals surface area contributed by atoms with Gasteiger partial charge in [-0.1, -0.05) is 0 Å². The fourth-order valence-electron chi connectivity index (χ4n) is 4.31. The SMILES string of the molecule is Cc1csc(CN2CC3(CC(COCc4ccncc4)CCN3C)C2)n1. The predicted octanol–water partition coefficient (Wildman–Crippen LogP) is 2.96. The number of likely N-dealkylation sites (tertiary alicyclic amines) is 2. The van der Waals surface area contributed by atoms with E-state index in [0.717, 1.165) is 31.9 Å². The Labute approximate surface area is 160 Å². The van der Waals surface area contributed by atoms with Gasteiger partial charge in [-0.15, -0.1) is 11.3 Å². The molecule has 2 aliphatic rings. The number of hydrogen-bond donors (Lipinski definition) is 0. The van der Waals surface area contributed by atoms with E-state index < -0.39 is 0 Å². The third kappa shape index (κ3) is 3.98. The molecular weight excluding hydrogens is 344 g/mol. The maximum absolute atomic E-state index is 6.01. The maximum Gasteiger partial charge on any atom is 0.107 e. The lowest BCUT2D eigenvalue weighted by molar-refractivity contribution is -0.0935. The monoisotopic (exact) mass is 372 g/mol. The summed E-state index contributed by atoms with van der Waals surface area (Å²) in [6.07, 6.45) is 6.14. The van der Waals surface area contributed by atoms with Crippen molar-refractivity contribution in [2.75, 3.05) is 33.3 Å². The van der Waals surface area contributed by atoms with Gasteiger partial charge in [0.1, 0.15) is 5.01 Å². The molecule has 0 radical (unpaired) electrons. The lowest BCUT2D eigenvalue weighted by Gasteiger charge is -2.58. The zero-order chi connectivity index (χ0) is 18.0. The zero-order valence-corrected chi connectivity index (χ0v) is 16.5. The smallest absolute Gasteiger partial charge is 0.107 e. The Balaban J connectivity index is 1.26. The first kappa shape index (κ1) is 18.0. The number of aromatic nitrogens is 2. The van der Waals surface area contributed by atoms with Crippen LogP contribution in [0, 0.1) is 12.8 Å². The summed E-state index contributed by atoms with van der Waals surface area (Å²) < 4.78 is 6.01. The van der Waals surface area contributed by atoms with Crippen molar-refractivity contribution in [1.29, 1.82) is 0 Å². The van der Waals surface area contributed by atoms with Crippen molar-refractivity contribution >= 4 is 11.3 Å². The highest BCUT2D eigenvalue weighted by Gasteiger charge is 2.49. The average molecular weight is 373 g/mol. The molecule has 0 N–H and O–H groups in total. The first-order valence-corrected chi connectivity index (χ1v) is 10.3. The second-order valence-corrected chi connectivity index (χ2v) is 8.85. The summed E-state index contributed by atoms with van der Waals surface area (Å²) in [4.78, 5) is 13.8. The van der Waals surface area contributed by atoms with Crippen molar-refractivity contribution in [2.45, 2.75) is 38.5 Å². The van der Waals surface area contributed by atoms with Crippen molar-refractivity contribution in [1.82, 2.24) is 19.8 Å². The van der Waals surface area contributed by atoms with Gasteiger partial charge in [0.25, 0.3) is 0 Å². The average Bonchev–Trinajstić information content (AvgIpc) is 3.02. The van der Waals surface area contributed by atoms with E-state index in [0.29, 0.717) is 18.1 Å². The minimum absolute atomic E-state index is 0.343. The minimum Gasteiger partial charge on any atom is -0.376 e. The number of thiazole rings is 1. The number of likely N-dealkylation sites (N-methyl/N-ethyl adjacent to an activating group) is 1. The Hall–Kier alpha value is -1.34. The van der Waals surface area contributed by atoms with Crippen LogP contribution in [0.3, 0.4) is 0 Å². The number of ether oxygens (including phenoxy) is 1. The Morgan fingerprint density at radius 2 is 2.12 bits per heavy atom. The van der Waals surface area contributed by atoms with Crippen LogP contribution in [-0.2, 0) is 17.9 Å². The van der Waals surface area contributed by atoms with Crippen molar-refractivity contribution in [3.63, 3.8) is 0 Å². The van der Waals surface area contributed by atoms with Gasteiger partial charge >= 0.3 is 0 Å². The largest absolute Gasteiger partial charge is 0.376 e. The number of pyridine rings is 1. The van der Waals surface area contributed by atoms with Gasteiger partial charge in [-0.2, -0.15) is 0 Å². The first-order valence-electron chi connectivity index (χ1n) is 9.44. The highest BCUT2D eigenvalue weighted by atomic mass is 32.1. The molecule has 0 aromatic carbocycles. The molecule has 6 heteroatoms. The van der Waals surface area contributed by atoms with Crippen LogP contribution >= 0.6 is 11.3 Å². The second kappa shape index (κ2) is 7.72. The van der Waals surface area contributed by atoms with Crippen LogP contribution in [0.4, 0.5) is 0 Å². The molecule has 1 atom stereocenters. The molecule has 2 saturated heterocycles. The summed E-state index contributed by atoms with van der Waals surface area (Å²) in [6, 6.07) is 4.06. The van der Waals surface area contributed by atoms with Gasteiger partial charge in [0.2, 0.25) is 0 Å². The Morgan fingerprint density at radius 3 is 2.85 bits per heavy atom.